The molecule has 3 rings (SSSR count). The Morgan fingerprint density at radius 1 is 1.26 bits per heavy atom. The fraction of sp³-hybridized carbons (Fsp3) is 0.368. The number of hydrogen-bond donors (Lipinski definition) is 3. The molecule has 0 saturated carbocycles. The van der Waals surface area contributed by atoms with Gasteiger partial charge in [0.15, 0.2) is 0 Å². The van der Waals surface area contributed by atoms with Gasteiger partial charge in [-0.05, 0) is 54.6 Å². The van der Waals surface area contributed by atoms with Gasteiger partial charge in [-0.1, -0.05) is 13.0 Å². The molecule has 1 saturated heterocycles. The molecule has 1 fully saturated rings. The third-order valence-electron chi connectivity index (χ3n) is 4.42. The highest BCUT2D eigenvalue weighted by Crippen LogP contribution is 2.23. The Morgan fingerprint density at radius 3 is 2.70 bits per heavy atom. The van der Waals surface area contributed by atoms with Crippen molar-refractivity contribution in [2.75, 3.05) is 24.2 Å². The summed E-state index contributed by atoms with van der Waals surface area (Å²) in [5.74, 6) is 0.717. The second kappa shape index (κ2) is 10.7. The van der Waals surface area contributed by atoms with Crippen molar-refractivity contribution in [3.63, 3.8) is 0 Å². The number of amides is 2. The zero-order valence-corrected chi connectivity index (χ0v) is 17.5. The van der Waals surface area contributed by atoms with Gasteiger partial charge in [0.05, 0.1) is 9.96 Å². The van der Waals surface area contributed by atoms with Crippen LogP contribution in [-0.2, 0) is 4.79 Å². The number of carbonyl (C=O) groups excluding carboxylic acids is 2. The first kappa shape index (κ1) is 21.8. The van der Waals surface area contributed by atoms with Crippen molar-refractivity contribution < 1.29 is 9.59 Å². The fourth-order valence-corrected chi connectivity index (χ4v) is 4.40. The molecule has 2 amide bonds. The van der Waals surface area contributed by atoms with Gasteiger partial charge in [-0.15, -0.1) is 35.5 Å². The van der Waals surface area contributed by atoms with E-state index in [2.05, 4.69) is 22.9 Å². The van der Waals surface area contributed by atoms with Crippen LogP contribution in [0.25, 0.3) is 0 Å². The second-order valence-electron chi connectivity index (χ2n) is 6.40. The van der Waals surface area contributed by atoms with Crippen LogP contribution in [0.3, 0.4) is 0 Å². The summed E-state index contributed by atoms with van der Waals surface area (Å²) in [5, 5.41) is 11.3. The number of rotatable bonds is 6. The van der Waals surface area contributed by atoms with Crippen LogP contribution >= 0.6 is 35.5 Å². The fourth-order valence-electron chi connectivity index (χ4n) is 2.82. The van der Waals surface area contributed by atoms with Crippen LogP contribution in [0.5, 0.6) is 0 Å². The Labute approximate surface area is 174 Å². The molecular weight excluding hydrogens is 402 g/mol. The number of carbonyl (C=O) groups is 2. The Morgan fingerprint density at radius 2 is 2.04 bits per heavy atom. The summed E-state index contributed by atoms with van der Waals surface area (Å²) in [6.07, 6.45) is 1.07. The molecule has 2 aromatic rings. The highest BCUT2D eigenvalue weighted by Gasteiger charge is 2.22. The highest BCUT2D eigenvalue weighted by molar-refractivity contribution is 8.01. The van der Waals surface area contributed by atoms with Crippen molar-refractivity contribution >= 4 is 53.0 Å². The van der Waals surface area contributed by atoms with Crippen molar-refractivity contribution in [2.45, 2.75) is 23.6 Å². The molecular formula is C19H24ClN3O2S2. The molecule has 2 heterocycles. The molecule has 2 unspecified atom stereocenters. The predicted molar refractivity (Wildman–Crippen MR) is 115 cm³/mol. The summed E-state index contributed by atoms with van der Waals surface area (Å²) in [6, 6.07) is 11.2. The SMILES string of the molecule is CC1CCNCC1NC(=O)c1ccc(NC(=O)CSc2cccs2)cc1.Cl. The summed E-state index contributed by atoms with van der Waals surface area (Å²) < 4.78 is 1.12. The summed E-state index contributed by atoms with van der Waals surface area (Å²) in [4.78, 5) is 24.4. The Hall–Kier alpha value is -1.54. The minimum absolute atomic E-state index is 0. The van der Waals surface area contributed by atoms with Gasteiger partial charge < -0.3 is 16.0 Å². The second-order valence-corrected chi connectivity index (χ2v) is 8.62. The normalized spacial score (nSPS) is 19.0. The van der Waals surface area contributed by atoms with E-state index in [1.807, 2.05) is 17.5 Å². The Bertz CT molecular complexity index is 738. The van der Waals surface area contributed by atoms with E-state index >= 15 is 0 Å². The average molecular weight is 426 g/mol. The summed E-state index contributed by atoms with van der Waals surface area (Å²) in [5.41, 5.74) is 1.31. The third kappa shape index (κ3) is 6.53. The molecule has 0 radical (unpaired) electrons. The maximum Gasteiger partial charge on any atom is 0.251 e. The molecule has 27 heavy (non-hydrogen) atoms. The molecule has 1 aromatic carbocycles. The van der Waals surface area contributed by atoms with E-state index in [0.29, 0.717) is 22.9 Å². The number of hydrogen-bond acceptors (Lipinski definition) is 5. The molecule has 0 spiro atoms. The first-order valence-corrected chi connectivity index (χ1v) is 10.6. The van der Waals surface area contributed by atoms with Crippen molar-refractivity contribution in [1.29, 1.82) is 0 Å². The molecule has 1 aliphatic heterocycles. The number of thioether (sulfide) groups is 1. The number of piperidine rings is 1. The monoisotopic (exact) mass is 425 g/mol. The van der Waals surface area contributed by atoms with Crippen LogP contribution < -0.4 is 16.0 Å². The van der Waals surface area contributed by atoms with Crippen LogP contribution in [0, 0.1) is 5.92 Å². The van der Waals surface area contributed by atoms with Crippen LogP contribution in [-0.4, -0.2) is 36.7 Å². The topological polar surface area (TPSA) is 70.2 Å². The van der Waals surface area contributed by atoms with Gasteiger partial charge >= 0.3 is 0 Å². The molecule has 0 bridgehead atoms. The van der Waals surface area contributed by atoms with E-state index in [9.17, 15) is 9.59 Å². The van der Waals surface area contributed by atoms with E-state index in [4.69, 9.17) is 0 Å². The lowest BCUT2D eigenvalue weighted by Gasteiger charge is -2.30. The molecule has 3 N–H and O–H groups in total. The van der Waals surface area contributed by atoms with Crippen LogP contribution in [0.15, 0.2) is 46.0 Å². The van der Waals surface area contributed by atoms with Gasteiger partial charge in [-0.2, -0.15) is 0 Å². The van der Waals surface area contributed by atoms with Crippen LogP contribution in [0.1, 0.15) is 23.7 Å². The average Bonchev–Trinajstić information content (AvgIpc) is 3.16. The van der Waals surface area contributed by atoms with Gasteiger partial charge in [-0.3, -0.25) is 9.59 Å². The summed E-state index contributed by atoms with van der Waals surface area (Å²) in [6.45, 7) is 3.98. The summed E-state index contributed by atoms with van der Waals surface area (Å²) >= 11 is 3.14. The molecule has 0 aliphatic carbocycles. The Kier molecular flexibility index (Phi) is 8.63. The van der Waals surface area contributed by atoms with Crippen LogP contribution in [0.4, 0.5) is 5.69 Å². The zero-order chi connectivity index (χ0) is 18.4. The van der Waals surface area contributed by atoms with Gasteiger partial charge in [0, 0.05) is 23.8 Å². The first-order valence-electron chi connectivity index (χ1n) is 8.69. The van der Waals surface area contributed by atoms with Crippen molar-refractivity contribution in [2.24, 2.45) is 5.92 Å². The maximum absolute atomic E-state index is 12.4. The molecule has 146 valence electrons. The van der Waals surface area contributed by atoms with Gasteiger partial charge in [0.2, 0.25) is 5.91 Å². The van der Waals surface area contributed by atoms with E-state index in [1.165, 1.54) is 11.8 Å². The lowest BCUT2D eigenvalue weighted by atomic mass is 9.94. The van der Waals surface area contributed by atoms with E-state index in [1.54, 1.807) is 35.6 Å². The van der Waals surface area contributed by atoms with E-state index < -0.39 is 0 Å². The summed E-state index contributed by atoms with van der Waals surface area (Å²) in [7, 11) is 0. The smallest absolute Gasteiger partial charge is 0.251 e. The van der Waals surface area contributed by atoms with Crippen LogP contribution in [0.2, 0.25) is 0 Å². The minimum atomic E-state index is -0.0725. The highest BCUT2D eigenvalue weighted by atomic mass is 35.5. The molecule has 2 atom stereocenters. The minimum Gasteiger partial charge on any atom is -0.348 e. The van der Waals surface area contributed by atoms with Crippen molar-refractivity contribution in [3.8, 4) is 0 Å². The largest absolute Gasteiger partial charge is 0.348 e. The standard InChI is InChI=1S/C19H23N3O2S2.ClH/c1-13-8-9-20-11-16(13)22-19(24)14-4-6-15(7-5-14)21-17(23)12-26-18-3-2-10-25-18;/h2-7,10,13,16,20H,8-9,11-12H2,1H3,(H,21,23)(H,22,24);1H. The zero-order valence-electron chi connectivity index (χ0n) is 15.1. The maximum atomic E-state index is 12.4. The molecule has 8 heteroatoms. The van der Waals surface area contributed by atoms with Gasteiger partial charge in [0.1, 0.15) is 0 Å². The lowest BCUT2D eigenvalue weighted by Crippen LogP contribution is -2.50. The van der Waals surface area contributed by atoms with E-state index in [-0.39, 0.29) is 30.3 Å². The van der Waals surface area contributed by atoms with Gasteiger partial charge in [0.25, 0.3) is 5.91 Å². The van der Waals surface area contributed by atoms with Crippen molar-refractivity contribution in [1.82, 2.24) is 10.6 Å². The predicted octanol–water partition coefficient (Wildman–Crippen LogP) is 3.63. The lowest BCUT2D eigenvalue weighted by molar-refractivity contribution is -0.113. The van der Waals surface area contributed by atoms with E-state index in [0.717, 1.165) is 23.7 Å². The van der Waals surface area contributed by atoms with Crippen molar-refractivity contribution in [3.05, 3.63) is 47.3 Å². The number of benzene rings is 1. The van der Waals surface area contributed by atoms with Gasteiger partial charge in [-0.25, -0.2) is 0 Å². The third-order valence-corrected chi connectivity index (χ3v) is 6.55. The Balaban J connectivity index is 0.00000261. The number of nitrogens with one attached hydrogen (secondary N) is 3. The number of halogens is 1. The molecule has 1 aromatic heterocycles. The molecule has 1 aliphatic rings. The number of thiophene rings is 1. The molecule has 5 nitrogen and oxygen atoms in total. The number of anilines is 1. The first-order chi connectivity index (χ1) is 12.6. The quantitative estimate of drug-likeness (QED) is 0.618.